The van der Waals surface area contributed by atoms with E-state index in [0.717, 1.165) is 4.70 Å². The van der Waals surface area contributed by atoms with Crippen LogP contribution >= 0.6 is 11.3 Å². The van der Waals surface area contributed by atoms with Crippen LogP contribution in [0.25, 0.3) is 10.2 Å². The minimum absolute atomic E-state index is 0.203. The highest BCUT2D eigenvalue weighted by Crippen LogP contribution is 2.35. The average molecular weight is 400 g/mol. The van der Waals surface area contributed by atoms with E-state index < -0.39 is 5.91 Å². The second-order valence-electron chi connectivity index (χ2n) is 5.57. The van der Waals surface area contributed by atoms with Crippen molar-refractivity contribution >= 4 is 27.5 Å². The molecule has 0 aliphatic carbocycles. The number of terminal acetylenes is 1. The molecule has 144 valence electrons. The lowest BCUT2D eigenvalue weighted by atomic mass is 10.3. The molecule has 0 saturated carbocycles. The van der Waals surface area contributed by atoms with Crippen LogP contribution in [0.15, 0.2) is 41.4 Å². The van der Waals surface area contributed by atoms with Gasteiger partial charge in [0, 0.05) is 0 Å². The molecule has 8 heteroatoms. The second kappa shape index (κ2) is 8.59. The van der Waals surface area contributed by atoms with Crippen LogP contribution in [-0.2, 0) is 11.3 Å². The molecule has 0 aliphatic heterocycles. The SMILES string of the molecule is C#CCn1c(=NC(=O)COc2ccc(F)cc2)sc2c(OC)ccc(OC)c21. The molecule has 2 aromatic carbocycles. The highest BCUT2D eigenvalue weighted by atomic mass is 32.1. The van der Waals surface area contributed by atoms with E-state index in [1.807, 2.05) is 0 Å². The van der Waals surface area contributed by atoms with Gasteiger partial charge < -0.3 is 18.8 Å². The first-order valence-corrected chi connectivity index (χ1v) is 9.02. The first-order valence-electron chi connectivity index (χ1n) is 8.21. The maximum Gasteiger partial charge on any atom is 0.286 e. The summed E-state index contributed by atoms with van der Waals surface area (Å²) in [6, 6.07) is 8.93. The van der Waals surface area contributed by atoms with Gasteiger partial charge in [0.1, 0.15) is 33.3 Å². The number of carbonyl (C=O) groups excluding carboxylic acids is 1. The maximum absolute atomic E-state index is 12.9. The molecule has 0 unspecified atom stereocenters. The second-order valence-corrected chi connectivity index (χ2v) is 6.55. The molecule has 1 aromatic heterocycles. The lowest BCUT2D eigenvalue weighted by Gasteiger charge is -2.08. The lowest BCUT2D eigenvalue weighted by Crippen LogP contribution is -2.19. The van der Waals surface area contributed by atoms with Gasteiger partial charge in [-0.25, -0.2) is 4.39 Å². The van der Waals surface area contributed by atoms with Gasteiger partial charge in [-0.2, -0.15) is 4.99 Å². The lowest BCUT2D eigenvalue weighted by molar-refractivity contribution is -0.120. The van der Waals surface area contributed by atoms with Gasteiger partial charge in [-0.05, 0) is 36.4 Å². The zero-order chi connectivity index (χ0) is 20.1. The highest BCUT2D eigenvalue weighted by Gasteiger charge is 2.16. The molecule has 28 heavy (non-hydrogen) atoms. The Morgan fingerprint density at radius 2 is 1.86 bits per heavy atom. The van der Waals surface area contributed by atoms with Crippen LogP contribution in [0, 0.1) is 18.2 Å². The van der Waals surface area contributed by atoms with Crippen molar-refractivity contribution in [2.45, 2.75) is 6.54 Å². The minimum atomic E-state index is -0.500. The standard InChI is InChI=1S/C20H17FN2O4S/c1-4-11-23-18-15(25-2)9-10-16(26-3)19(18)28-20(23)22-17(24)12-27-14-7-5-13(21)6-8-14/h1,5-10H,11-12H2,2-3H3. The topological polar surface area (TPSA) is 62.1 Å². The number of hydrogen-bond acceptors (Lipinski definition) is 5. The van der Waals surface area contributed by atoms with Crippen LogP contribution < -0.4 is 19.0 Å². The van der Waals surface area contributed by atoms with Gasteiger partial charge >= 0.3 is 0 Å². The Morgan fingerprint density at radius 3 is 2.50 bits per heavy atom. The zero-order valence-corrected chi connectivity index (χ0v) is 16.1. The summed E-state index contributed by atoms with van der Waals surface area (Å²) >= 11 is 1.27. The molecule has 0 N–H and O–H groups in total. The van der Waals surface area contributed by atoms with E-state index in [9.17, 15) is 9.18 Å². The van der Waals surface area contributed by atoms with E-state index >= 15 is 0 Å². The molecule has 0 fully saturated rings. The molecule has 1 heterocycles. The number of hydrogen-bond donors (Lipinski definition) is 0. The molecular formula is C20H17FN2O4S. The van der Waals surface area contributed by atoms with E-state index in [0.29, 0.717) is 27.6 Å². The number of fused-ring (bicyclic) bond motifs is 1. The van der Waals surface area contributed by atoms with Gasteiger partial charge in [0.05, 0.1) is 20.8 Å². The van der Waals surface area contributed by atoms with Crippen molar-refractivity contribution in [3.63, 3.8) is 0 Å². The number of methoxy groups -OCH3 is 2. The van der Waals surface area contributed by atoms with Crippen molar-refractivity contribution in [1.82, 2.24) is 4.57 Å². The third kappa shape index (κ3) is 4.00. The quantitative estimate of drug-likeness (QED) is 0.597. The first-order chi connectivity index (χ1) is 13.6. The molecule has 3 rings (SSSR count). The Hall–Kier alpha value is -3.31. The van der Waals surface area contributed by atoms with Crippen LogP contribution in [0.5, 0.6) is 17.2 Å². The number of amides is 1. The fourth-order valence-electron chi connectivity index (χ4n) is 2.59. The number of aromatic nitrogens is 1. The van der Waals surface area contributed by atoms with Crippen LogP contribution in [-0.4, -0.2) is 31.3 Å². The summed E-state index contributed by atoms with van der Waals surface area (Å²) in [7, 11) is 3.11. The summed E-state index contributed by atoms with van der Waals surface area (Å²) in [4.78, 5) is 16.8. The predicted molar refractivity (Wildman–Crippen MR) is 104 cm³/mol. The molecule has 0 bridgehead atoms. The molecule has 0 radical (unpaired) electrons. The van der Waals surface area contributed by atoms with E-state index in [-0.39, 0.29) is 19.0 Å². The fraction of sp³-hybridized carbons (Fsp3) is 0.200. The molecular weight excluding hydrogens is 383 g/mol. The van der Waals surface area contributed by atoms with Gasteiger partial charge in [0.2, 0.25) is 0 Å². The van der Waals surface area contributed by atoms with Gasteiger partial charge in [0.25, 0.3) is 5.91 Å². The van der Waals surface area contributed by atoms with Gasteiger partial charge in [-0.3, -0.25) is 4.79 Å². The monoisotopic (exact) mass is 400 g/mol. The number of thiazole rings is 1. The Kier molecular flexibility index (Phi) is 5.96. The minimum Gasteiger partial charge on any atom is -0.495 e. The average Bonchev–Trinajstić information content (AvgIpc) is 3.05. The number of carbonyl (C=O) groups is 1. The summed E-state index contributed by atoms with van der Waals surface area (Å²) < 4.78 is 31.6. The van der Waals surface area contributed by atoms with Crippen molar-refractivity contribution in [2.75, 3.05) is 20.8 Å². The molecule has 6 nitrogen and oxygen atoms in total. The number of nitrogens with zero attached hydrogens (tertiary/aromatic N) is 2. The van der Waals surface area contributed by atoms with Crippen molar-refractivity contribution in [3.8, 4) is 29.6 Å². The van der Waals surface area contributed by atoms with Crippen molar-refractivity contribution in [2.24, 2.45) is 4.99 Å². The molecule has 1 amide bonds. The number of ether oxygens (including phenoxy) is 3. The van der Waals surface area contributed by atoms with Crippen molar-refractivity contribution < 1.29 is 23.4 Å². The van der Waals surface area contributed by atoms with E-state index in [1.165, 1.54) is 35.6 Å². The Morgan fingerprint density at radius 1 is 1.18 bits per heavy atom. The Labute approximate surface area is 164 Å². The molecule has 0 spiro atoms. The van der Waals surface area contributed by atoms with Crippen molar-refractivity contribution in [1.29, 1.82) is 0 Å². The summed E-state index contributed by atoms with van der Waals surface area (Å²) in [6.07, 6.45) is 5.50. The first kappa shape index (κ1) is 19.5. The van der Waals surface area contributed by atoms with E-state index in [1.54, 1.807) is 30.9 Å². The number of rotatable bonds is 6. The third-order valence-electron chi connectivity index (χ3n) is 3.84. The van der Waals surface area contributed by atoms with E-state index in [2.05, 4.69) is 10.9 Å². The number of benzene rings is 2. The Balaban J connectivity index is 1.98. The third-order valence-corrected chi connectivity index (χ3v) is 4.93. The Bertz CT molecular complexity index is 1110. The largest absolute Gasteiger partial charge is 0.495 e. The van der Waals surface area contributed by atoms with Crippen LogP contribution in [0.2, 0.25) is 0 Å². The molecule has 0 atom stereocenters. The van der Waals surface area contributed by atoms with Gasteiger partial charge in [0.15, 0.2) is 11.4 Å². The summed E-state index contributed by atoms with van der Waals surface area (Å²) in [5, 5.41) is 0. The smallest absolute Gasteiger partial charge is 0.286 e. The summed E-state index contributed by atoms with van der Waals surface area (Å²) in [6.45, 7) is -0.0847. The highest BCUT2D eigenvalue weighted by molar-refractivity contribution is 7.16. The van der Waals surface area contributed by atoms with Gasteiger partial charge in [-0.15, -0.1) is 6.42 Å². The number of halogens is 1. The fourth-order valence-corrected chi connectivity index (χ4v) is 3.75. The van der Waals surface area contributed by atoms with Crippen LogP contribution in [0.1, 0.15) is 0 Å². The van der Waals surface area contributed by atoms with Crippen molar-refractivity contribution in [3.05, 3.63) is 47.0 Å². The molecule has 0 aliphatic rings. The summed E-state index contributed by atoms with van der Waals surface area (Å²) in [5.41, 5.74) is 0.704. The predicted octanol–water partition coefficient (Wildman–Crippen LogP) is 3.00. The molecule has 3 aromatic rings. The van der Waals surface area contributed by atoms with Crippen LogP contribution in [0.4, 0.5) is 4.39 Å². The zero-order valence-electron chi connectivity index (χ0n) is 15.3. The van der Waals surface area contributed by atoms with E-state index in [4.69, 9.17) is 20.6 Å². The summed E-state index contributed by atoms with van der Waals surface area (Å²) in [5.74, 6) is 3.28. The van der Waals surface area contributed by atoms with Gasteiger partial charge in [-0.1, -0.05) is 17.3 Å². The molecule has 0 saturated heterocycles. The maximum atomic E-state index is 12.9. The van der Waals surface area contributed by atoms with Crippen LogP contribution in [0.3, 0.4) is 0 Å². The normalized spacial score (nSPS) is 11.3.